The molecule has 2 aromatic carbocycles. The first kappa shape index (κ1) is 15.2. The van der Waals surface area contributed by atoms with Crippen molar-refractivity contribution >= 4 is 35.0 Å². The van der Waals surface area contributed by atoms with E-state index in [9.17, 15) is 10.2 Å². The van der Waals surface area contributed by atoms with Crippen molar-refractivity contribution in [2.75, 3.05) is 0 Å². The maximum absolute atomic E-state index is 10.1. The molecule has 0 aliphatic carbocycles. The smallest absolute Gasteiger partial charge is 0.206 e. The molecular formula is C16H11Cl2NO2S. The normalized spacial score (nSPS) is 10.8. The average molecular weight is 352 g/mol. The van der Waals surface area contributed by atoms with E-state index in [1.54, 1.807) is 30.3 Å². The molecular weight excluding hydrogens is 341 g/mol. The summed E-state index contributed by atoms with van der Waals surface area (Å²) >= 11 is 13.4. The van der Waals surface area contributed by atoms with Crippen molar-refractivity contribution in [2.45, 2.75) is 9.79 Å². The first-order valence-corrected chi connectivity index (χ1v) is 7.95. The van der Waals surface area contributed by atoms with E-state index < -0.39 is 0 Å². The molecule has 0 unspecified atom stereocenters. The average Bonchev–Trinajstić information content (AvgIpc) is 2.76. The Morgan fingerprint density at radius 2 is 1.55 bits per heavy atom. The van der Waals surface area contributed by atoms with Crippen LogP contribution in [-0.4, -0.2) is 15.2 Å². The molecule has 1 aromatic heterocycles. The predicted octanol–water partition coefficient (Wildman–Crippen LogP) is 5.55. The van der Waals surface area contributed by atoms with Crippen LogP contribution in [0.5, 0.6) is 11.8 Å². The van der Waals surface area contributed by atoms with Crippen molar-refractivity contribution in [1.29, 1.82) is 0 Å². The van der Waals surface area contributed by atoms with Crippen molar-refractivity contribution < 1.29 is 10.2 Å². The second-order valence-corrected chi connectivity index (χ2v) is 6.49. The number of aromatic amines is 1. The lowest BCUT2D eigenvalue weighted by molar-refractivity contribution is 0.421. The molecule has 0 amide bonds. The van der Waals surface area contributed by atoms with Gasteiger partial charge < -0.3 is 10.2 Å². The molecule has 0 fully saturated rings. The minimum Gasteiger partial charge on any atom is -0.494 e. The van der Waals surface area contributed by atoms with Crippen LogP contribution in [0.15, 0.2) is 58.3 Å². The molecule has 0 saturated heterocycles. The molecule has 3 aromatic rings. The lowest BCUT2D eigenvalue weighted by atomic mass is 10.1. The summed E-state index contributed by atoms with van der Waals surface area (Å²) < 4.78 is 0. The van der Waals surface area contributed by atoms with E-state index in [1.807, 2.05) is 18.2 Å². The molecule has 112 valence electrons. The third-order valence-electron chi connectivity index (χ3n) is 3.09. The molecule has 0 aliphatic rings. The minimum atomic E-state index is -0.123. The van der Waals surface area contributed by atoms with E-state index >= 15 is 0 Å². The molecule has 0 saturated carbocycles. The van der Waals surface area contributed by atoms with Crippen LogP contribution >= 0.6 is 35.0 Å². The number of hydrogen-bond acceptors (Lipinski definition) is 3. The Kier molecular flexibility index (Phi) is 4.25. The third-order valence-corrected chi connectivity index (χ3v) is 4.78. The van der Waals surface area contributed by atoms with Gasteiger partial charge in [0.25, 0.3) is 0 Å². The van der Waals surface area contributed by atoms with E-state index in [0.717, 1.165) is 4.90 Å². The fraction of sp³-hybridized carbons (Fsp3) is 0. The Morgan fingerprint density at radius 1 is 0.864 bits per heavy atom. The quantitative estimate of drug-likeness (QED) is 0.579. The minimum absolute atomic E-state index is 0.104. The van der Waals surface area contributed by atoms with Gasteiger partial charge in [-0.3, -0.25) is 4.98 Å². The Bertz CT molecular complexity index is 816. The fourth-order valence-electron chi connectivity index (χ4n) is 2.09. The SMILES string of the molecule is Oc1[nH]c(O)c(-c2ccccc2Cl)c1Sc1ccc(Cl)cc1. The summed E-state index contributed by atoms with van der Waals surface area (Å²) in [5.74, 6) is -0.227. The molecule has 6 heteroatoms. The van der Waals surface area contributed by atoms with Gasteiger partial charge in [0.15, 0.2) is 0 Å². The molecule has 0 radical (unpaired) electrons. The molecule has 3 nitrogen and oxygen atoms in total. The Balaban J connectivity index is 2.08. The number of aromatic hydroxyl groups is 2. The molecule has 22 heavy (non-hydrogen) atoms. The van der Waals surface area contributed by atoms with Crippen LogP contribution in [0.1, 0.15) is 0 Å². The van der Waals surface area contributed by atoms with Crippen molar-refractivity contribution in [2.24, 2.45) is 0 Å². The summed E-state index contributed by atoms with van der Waals surface area (Å²) in [6.07, 6.45) is 0. The van der Waals surface area contributed by atoms with Crippen LogP contribution in [0.4, 0.5) is 0 Å². The van der Waals surface area contributed by atoms with Crippen LogP contribution in [0.25, 0.3) is 11.1 Å². The van der Waals surface area contributed by atoms with E-state index in [0.29, 0.717) is 26.1 Å². The summed E-state index contributed by atoms with van der Waals surface area (Å²) in [6, 6.07) is 14.4. The zero-order chi connectivity index (χ0) is 15.7. The highest BCUT2D eigenvalue weighted by Crippen LogP contribution is 2.48. The Morgan fingerprint density at radius 3 is 2.23 bits per heavy atom. The summed E-state index contributed by atoms with van der Waals surface area (Å²) in [7, 11) is 0. The molecule has 3 rings (SSSR count). The zero-order valence-electron chi connectivity index (χ0n) is 11.2. The van der Waals surface area contributed by atoms with Gasteiger partial charge in [-0.05, 0) is 30.3 Å². The van der Waals surface area contributed by atoms with E-state index in [2.05, 4.69) is 4.98 Å². The lowest BCUT2D eigenvalue weighted by Crippen LogP contribution is -1.81. The topological polar surface area (TPSA) is 56.2 Å². The number of H-pyrrole nitrogens is 1. The van der Waals surface area contributed by atoms with E-state index in [-0.39, 0.29) is 11.8 Å². The third kappa shape index (κ3) is 2.90. The summed E-state index contributed by atoms with van der Waals surface area (Å²) in [6.45, 7) is 0. The van der Waals surface area contributed by atoms with Gasteiger partial charge in [-0.2, -0.15) is 0 Å². The number of rotatable bonds is 3. The van der Waals surface area contributed by atoms with Crippen molar-refractivity contribution in [1.82, 2.24) is 4.98 Å². The first-order chi connectivity index (χ1) is 10.6. The standard InChI is InChI=1S/C16H11Cl2NO2S/c17-9-5-7-10(8-6-9)22-14-13(15(20)19-16(14)21)11-3-1-2-4-12(11)18/h1-8,19-21H. The lowest BCUT2D eigenvalue weighted by Gasteiger charge is -2.07. The molecule has 0 aliphatic heterocycles. The van der Waals surface area contributed by atoms with Crippen molar-refractivity contribution in [3.63, 3.8) is 0 Å². The van der Waals surface area contributed by atoms with Gasteiger partial charge in [-0.25, -0.2) is 0 Å². The van der Waals surface area contributed by atoms with Crippen molar-refractivity contribution in [3.05, 3.63) is 58.6 Å². The summed E-state index contributed by atoms with van der Waals surface area (Å²) in [5.41, 5.74) is 1.12. The number of benzene rings is 2. The van der Waals surface area contributed by atoms with Crippen LogP contribution in [0.2, 0.25) is 10.0 Å². The number of halogens is 2. The summed E-state index contributed by atoms with van der Waals surface area (Å²) in [4.78, 5) is 3.93. The van der Waals surface area contributed by atoms with Gasteiger partial charge in [-0.1, -0.05) is 53.2 Å². The second-order valence-electron chi connectivity index (χ2n) is 4.56. The predicted molar refractivity (Wildman–Crippen MR) is 90.1 cm³/mol. The maximum Gasteiger partial charge on any atom is 0.206 e. The summed E-state index contributed by atoms with van der Waals surface area (Å²) in [5, 5.41) is 21.3. The van der Waals surface area contributed by atoms with Crippen LogP contribution in [0, 0.1) is 0 Å². The van der Waals surface area contributed by atoms with Crippen LogP contribution < -0.4 is 0 Å². The van der Waals surface area contributed by atoms with Crippen molar-refractivity contribution in [3.8, 4) is 22.9 Å². The monoisotopic (exact) mass is 351 g/mol. The van der Waals surface area contributed by atoms with Gasteiger partial charge in [0, 0.05) is 20.5 Å². The van der Waals surface area contributed by atoms with Crippen LogP contribution in [0.3, 0.4) is 0 Å². The second kappa shape index (κ2) is 6.16. The first-order valence-electron chi connectivity index (χ1n) is 6.38. The van der Waals surface area contributed by atoms with Gasteiger partial charge in [-0.15, -0.1) is 0 Å². The number of aromatic nitrogens is 1. The van der Waals surface area contributed by atoms with Crippen LogP contribution in [-0.2, 0) is 0 Å². The highest BCUT2D eigenvalue weighted by atomic mass is 35.5. The zero-order valence-corrected chi connectivity index (χ0v) is 13.5. The number of hydrogen-bond donors (Lipinski definition) is 3. The largest absolute Gasteiger partial charge is 0.494 e. The highest BCUT2D eigenvalue weighted by Gasteiger charge is 2.21. The van der Waals surface area contributed by atoms with E-state index in [1.165, 1.54) is 11.8 Å². The van der Waals surface area contributed by atoms with E-state index in [4.69, 9.17) is 23.2 Å². The van der Waals surface area contributed by atoms with Gasteiger partial charge in [0.05, 0.1) is 10.5 Å². The highest BCUT2D eigenvalue weighted by molar-refractivity contribution is 7.99. The molecule has 3 N–H and O–H groups in total. The molecule has 0 atom stereocenters. The Labute approximate surface area is 141 Å². The molecule has 0 spiro atoms. The maximum atomic E-state index is 10.1. The van der Waals surface area contributed by atoms with Gasteiger partial charge >= 0.3 is 0 Å². The molecule has 1 heterocycles. The van der Waals surface area contributed by atoms with Gasteiger partial charge in [0.1, 0.15) is 0 Å². The Hall–Kier alpha value is -1.75. The molecule has 0 bridgehead atoms. The van der Waals surface area contributed by atoms with Gasteiger partial charge in [0.2, 0.25) is 11.8 Å². The number of nitrogens with one attached hydrogen (secondary N) is 1. The fourth-order valence-corrected chi connectivity index (χ4v) is 3.41.